The molecule has 0 saturated heterocycles. The third-order valence-electron chi connectivity index (χ3n) is 4.44. The van der Waals surface area contributed by atoms with Crippen molar-refractivity contribution in [2.75, 3.05) is 5.75 Å². The maximum absolute atomic E-state index is 14.0. The van der Waals surface area contributed by atoms with E-state index in [4.69, 9.17) is 0 Å². The van der Waals surface area contributed by atoms with Crippen LogP contribution in [0.25, 0.3) is 0 Å². The lowest BCUT2D eigenvalue weighted by atomic mass is 10.1. The molecule has 1 N–H and O–H groups in total. The summed E-state index contributed by atoms with van der Waals surface area (Å²) in [4.78, 5) is 0.616. The van der Waals surface area contributed by atoms with E-state index in [-0.39, 0.29) is 4.90 Å². The smallest absolute Gasteiger partial charge is 0.207 e. The summed E-state index contributed by atoms with van der Waals surface area (Å²) in [6.45, 7) is 8.62. The molecule has 0 saturated carbocycles. The maximum atomic E-state index is 14.0. The predicted molar refractivity (Wildman–Crippen MR) is 120 cm³/mol. The van der Waals surface area contributed by atoms with Gasteiger partial charge < -0.3 is 0 Å². The van der Waals surface area contributed by atoms with Crippen LogP contribution < -0.4 is 4.72 Å². The van der Waals surface area contributed by atoms with E-state index in [1.165, 1.54) is 22.6 Å². The lowest BCUT2D eigenvalue weighted by Crippen LogP contribution is -2.55. The van der Waals surface area contributed by atoms with Crippen LogP contribution in [-0.2, 0) is 10.0 Å². The lowest BCUT2D eigenvalue weighted by molar-refractivity contribution is -0.151. The molecule has 0 fully saturated rings. The van der Waals surface area contributed by atoms with E-state index >= 15 is 0 Å². The van der Waals surface area contributed by atoms with Gasteiger partial charge in [-0.2, -0.15) is 17.9 Å². The Morgan fingerprint density at radius 3 is 1.90 bits per heavy atom. The molecule has 2 aromatic rings. The molecule has 160 valence electrons. The van der Waals surface area contributed by atoms with Crippen LogP contribution in [0.1, 0.15) is 27.8 Å². The van der Waals surface area contributed by atoms with Gasteiger partial charge in [-0.25, -0.2) is 8.42 Å². The highest BCUT2D eigenvalue weighted by atomic mass is 127. The summed E-state index contributed by atoms with van der Waals surface area (Å²) in [6.07, 6.45) is -4.78. The molecule has 2 rings (SSSR count). The van der Waals surface area contributed by atoms with Gasteiger partial charge in [0, 0.05) is 10.6 Å². The summed E-state index contributed by atoms with van der Waals surface area (Å²) < 4.78 is 67.1. The van der Waals surface area contributed by atoms with Crippen molar-refractivity contribution in [2.45, 2.75) is 54.1 Å². The molecule has 0 aromatic heterocycles. The third kappa shape index (κ3) is 5.48. The number of alkyl halides is 4. The van der Waals surface area contributed by atoms with Gasteiger partial charge in [0.05, 0.1) is 4.90 Å². The number of aryl methyl sites for hydroxylation is 5. The van der Waals surface area contributed by atoms with Crippen molar-refractivity contribution in [3.05, 3.63) is 58.1 Å². The van der Waals surface area contributed by atoms with Crippen molar-refractivity contribution < 1.29 is 21.6 Å². The normalized spacial score (nSPS) is 14.7. The summed E-state index contributed by atoms with van der Waals surface area (Å²) in [6, 6.07) is 8.77. The zero-order chi connectivity index (χ0) is 22.2. The number of thioether (sulfide) groups is 1. The highest BCUT2D eigenvalue weighted by molar-refractivity contribution is 14.1. The molecular weight excluding hydrogens is 534 g/mol. The highest BCUT2D eigenvalue weighted by Crippen LogP contribution is 2.42. The molecule has 0 aliphatic carbocycles. The van der Waals surface area contributed by atoms with Crippen molar-refractivity contribution in [3.8, 4) is 0 Å². The second kappa shape index (κ2) is 8.76. The number of nitrogens with one attached hydrogen (secondary N) is 1. The van der Waals surface area contributed by atoms with E-state index < -0.39 is 25.5 Å². The minimum absolute atomic E-state index is 0.106. The van der Waals surface area contributed by atoms with Crippen LogP contribution in [0.2, 0.25) is 0 Å². The fraction of sp³-hybridized carbons (Fsp3) is 0.400. The number of hydrogen-bond acceptors (Lipinski definition) is 3. The van der Waals surface area contributed by atoms with Crippen LogP contribution >= 0.6 is 34.4 Å². The molecule has 0 radical (unpaired) electrons. The Morgan fingerprint density at radius 2 is 1.45 bits per heavy atom. The van der Waals surface area contributed by atoms with Gasteiger partial charge in [-0.05, 0) is 79.5 Å². The largest absolute Gasteiger partial charge is 0.417 e. The van der Waals surface area contributed by atoms with Crippen LogP contribution in [0, 0.1) is 34.6 Å². The fourth-order valence-corrected chi connectivity index (χ4v) is 7.50. The molecule has 0 bridgehead atoms. The second-order valence-electron chi connectivity index (χ2n) is 7.14. The van der Waals surface area contributed by atoms with Gasteiger partial charge in [-0.15, -0.1) is 11.8 Å². The Hall–Kier alpha value is -0.780. The average molecular weight is 557 g/mol. The van der Waals surface area contributed by atoms with Crippen molar-refractivity contribution in [1.82, 2.24) is 4.72 Å². The SMILES string of the molecule is Cc1cc(C)c(S(=O)(=O)NC(I)(CSc2c(C)cccc2C)C(F)(F)F)c(C)c1. The molecule has 0 spiro atoms. The van der Waals surface area contributed by atoms with E-state index in [0.717, 1.165) is 33.3 Å². The summed E-state index contributed by atoms with van der Waals surface area (Å²) in [5, 5.41) is 0. The molecule has 29 heavy (non-hydrogen) atoms. The summed E-state index contributed by atoms with van der Waals surface area (Å²) >= 11 is 2.18. The maximum Gasteiger partial charge on any atom is 0.417 e. The van der Waals surface area contributed by atoms with E-state index in [0.29, 0.717) is 11.1 Å². The minimum Gasteiger partial charge on any atom is -0.207 e. The Kier molecular flexibility index (Phi) is 7.40. The molecule has 0 aliphatic heterocycles. The zero-order valence-electron chi connectivity index (χ0n) is 16.7. The van der Waals surface area contributed by atoms with E-state index in [9.17, 15) is 21.6 Å². The first-order valence-electron chi connectivity index (χ1n) is 8.74. The van der Waals surface area contributed by atoms with Gasteiger partial charge in [-0.1, -0.05) is 35.9 Å². The average Bonchev–Trinajstić information content (AvgIpc) is 2.51. The molecular formula is C20H23F3INO2S2. The van der Waals surface area contributed by atoms with Crippen molar-refractivity contribution in [3.63, 3.8) is 0 Å². The standard InChI is InChI=1S/C20H23F3INO2S2/c1-12-9-15(4)18(16(5)10-12)29(26,27)25-19(24,20(21,22)23)11-28-17-13(2)7-6-8-14(17)3/h6-10,25H,11H2,1-5H3. The van der Waals surface area contributed by atoms with Gasteiger partial charge in [-0.3, -0.25) is 0 Å². The van der Waals surface area contributed by atoms with E-state index in [2.05, 4.69) is 0 Å². The van der Waals surface area contributed by atoms with Crippen molar-refractivity contribution >= 4 is 44.4 Å². The summed E-state index contributed by atoms with van der Waals surface area (Å²) in [5.74, 6) is -0.494. The monoisotopic (exact) mass is 557 g/mol. The van der Waals surface area contributed by atoms with E-state index in [1.54, 1.807) is 26.0 Å². The Bertz CT molecular complexity index is 980. The highest BCUT2D eigenvalue weighted by Gasteiger charge is 2.55. The fourth-order valence-electron chi connectivity index (χ4n) is 3.22. The summed E-state index contributed by atoms with van der Waals surface area (Å²) in [5.41, 5.74) is 3.38. The Labute approximate surface area is 188 Å². The van der Waals surface area contributed by atoms with Crippen LogP contribution in [-0.4, -0.2) is 23.9 Å². The number of hydrogen-bond donors (Lipinski definition) is 1. The summed E-state index contributed by atoms with van der Waals surface area (Å²) in [7, 11) is -4.39. The first-order chi connectivity index (χ1) is 13.2. The topological polar surface area (TPSA) is 46.2 Å². The molecule has 0 heterocycles. The minimum atomic E-state index is -4.78. The first-order valence-corrected chi connectivity index (χ1v) is 12.3. The van der Waals surface area contributed by atoms with Crippen LogP contribution in [0.5, 0.6) is 0 Å². The predicted octanol–water partition coefficient (Wildman–Crippen LogP) is 5.99. The van der Waals surface area contributed by atoms with Crippen LogP contribution in [0.3, 0.4) is 0 Å². The van der Waals surface area contributed by atoms with Gasteiger partial charge >= 0.3 is 6.18 Å². The van der Waals surface area contributed by atoms with Crippen molar-refractivity contribution in [1.29, 1.82) is 0 Å². The van der Waals surface area contributed by atoms with Gasteiger partial charge in [0.25, 0.3) is 0 Å². The van der Waals surface area contributed by atoms with Crippen LogP contribution in [0.4, 0.5) is 13.2 Å². The second-order valence-corrected chi connectivity index (χ2v) is 11.6. The molecule has 2 aromatic carbocycles. The van der Waals surface area contributed by atoms with Crippen molar-refractivity contribution in [2.24, 2.45) is 0 Å². The first kappa shape index (κ1) is 24.5. The Morgan fingerprint density at radius 1 is 0.966 bits per heavy atom. The lowest BCUT2D eigenvalue weighted by Gasteiger charge is -2.31. The number of rotatable bonds is 6. The van der Waals surface area contributed by atoms with E-state index in [1.807, 2.05) is 43.7 Å². The zero-order valence-corrected chi connectivity index (χ0v) is 20.5. The molecule has 1 unspecified atom stereocenters. The third-order valence-corrected chi connectivity index (χ3v) is 9.90. The molecule has 0 aliphatic rings. The molecule has 0 amide bonds. The number of benzene rings is 2. The molecule has 3 nitrogen and oxygen atoms in total. The van der Waals surface area contributed by atoms with Gasteiger partial charge in [0.2, 0.25) is 10.0 Å². The van der Waals surface area contributed by atoms with Gasteiger partial charge in [0.1, 0.15) is 0 Å². The quantitative estimate of drug-likeness (QED) is 0.205. The number of halogens is 4. The van der Waals surface area contributed by atoms with Crippen LogP contribution in [0.15, 0.2) is 40.1 Å². The molecule has 1 atom stereocenters. The van der Waals surface area contributed by atoms with Gasteiger partial charge in [0.15, 0.2) is 3.55 Å². The Balaban J connectivity index is 2.43. The molecule has 9 heteroatoms. The number of sulfonamides is 1.